The van der Waals surface area contributed by atoms with Gasteiger partial charge in [0.2, 0.25) is 5.91 Å². The van der Waals surface area contributed by atoms with E-state index in [2.05, 4.69) is 5.32 Å². The van der Waals surface area contributed by atoms with Crippen LogP contribution in [0.3, 0.4) is 0 Å². The molecule has 106 valence electrons. The predicted octanol–water partition coefficient (Wildman–Crippen LogP) is 3.17. The van der Waals surface area contributed by atoms with Crippen molar-refractivity contribution in [2.45, 2.75) is 45.1 Å². The van der Waals surface area contributed by atoms with Crippen LogP contribution in [0.15, 0.2) is 12.1 Å². The van der Waals surface area contributed by atoms with Crippen molar-refractivity contribution in [1.29, 1.82) is 0 Å². The Bertz CT molecular complexity index is 462. The van der Waals surface area contributed by atoms with E-state index in [1.165, 1.54) is 11.3 Å². The molecule has 0 aliphatic heterocycles. The van der Waals surface area contributed by atoms with Gasteiger partial charge in [-0.25, -0.2) is 0 Å². The first kappa shape index (κ1) is 14.8. The maximum absolute atomic E-state index is 12.3. The topological polar surface area (TPSA) is 49.3 Å². The zero-order valence-corrected chi connectivity index (χ0v) is 12.9. The zero-order chi connectivity index (χ0) is 14.0. The third-order valence-corrected chi connectivity index (χ3v) is 5.59. The number of thiophene rings is 1. The second-order valence-electron chi connectivity index (χ2n) is 5.63. The molecule has 2 N–H and O–H groups in total. The first-order valence-corrected chi connectivity index (χ1v) is 7.82. The summed E-state index contributed by atoms with van der Waals surface area (Å²) in [5.41, 5.74) is -0.178. The largest absolute Gasteiger partial charge is 0.396 e. The van der Waals surface area contributed by atoms with Gasteiger partial charge in [0.05, 0.1) is 16.9 Å². The molecule has 0 unspecified atom stereocenters. The maximum atomic E-state index is 12.3. The van der Waals surface area contributed by atoms with Gasteiger partial charge in [-0.15, -0.1) is 11.3 Å². The van der Waals surface area contributed by atoms with Gasteiger partial charge < -0.3 is 10.4 Å². The molecule has 1 aromatic rings. The first-order valence-electron chi connectivity index (χ1n) is 6.63. The van der Waals surface area contributed by atoms with E-state index in [4.69, 9.17) is 11.6 Å². The van der Waals surface area contributed by atoms with Crippen molar-refractivity contribution in [2.24, 2.45) is 5.41 Å². The highest BCUT2D eigenvalue weighted by atomic mass is 35.5. The van der Waals surface area contributed by atoms with Crippen LogP contribution in [0.4, 0.5) is 0 Å². The Morgan fingerprint density at radius 1 is 1.68 bits per heavy atom. The third-order valence-electron chi connectivity index (χ3n) is 4.17. The molecule has 3 atom stereocenters. The lowest BCUT2D eigenvalue weighted by Gasteiger charge is -2.30. The van der Waals surface area contributed by atoms with Gasteiger partial charge in [-0.3, -0.25) is 4.79 Å². The Labute approximate surface area is 123 Å². The van der Waals surface area contributed by atoms with Crippen molar-refractivity contribution in [2.75, 3.05) is 6.61 Å². The summed E-state index contributed by atoms with van der Waals surface area (Å²) < 4.78 is 0.704. The number of amides is 1. The van der Waals surface area contributed by atoms with Crippen LogP contribution in [0.2, 0.25) is 4.34 Å². The van der Waals surface area contributed by atoms with Gasteiger partial charge in [-0.05, 0) is 31.9 Å². The number of hydrogen-bond donors (Lipinski definition) is 2. The molecule has 1 aromatic heterocycles. The van der Waals surface area contributed by atoms with Gasteiger partial charge in [0.15, 0.2) is 0 Å². The second-order valence-corrected chi connectivity index (χ2v) is 7.38. The summed E-state index contributed by atoms with van der Waals surface area (Å²) in [5, 5.41) is 12.6. The summed E-state index contributed by atoms with van der Waals surface area (Å²) in [6.07, 6.45) is 2.97. The standard InChI is InChI=1S/C14H20ClNO2S/c1-9(10-5-6-12(15)19-10)13(18)16-11-4-3-7-14(11,2)8-17/h5-6,9,11,17H,3-4,7-8H2,1-2H3,(H,16,18)/t9-,11+,14-/m0/s1. The van der Waals surface area contributed by atoms with E-state index in [0.717, 1.165) is 24.1 Å². The lowest BCUT2D eigenvalue weighted by atomic mass is 9.85. The molecule has 1 aliphatic carbocycles. The van der Waals surface area contributed by atoms with Gasteiger partial charge in [-0.1, -0.05) is 24.9 Å². The number of carbonyl (C=O) groups is 1. The van der Waals surface area contributed by atoms with Gasteiger partial charge >= 0.3 is 0 Å². The molecule has 0 saturated heterocycles. The number of rotatable bonds is 4. The molecular formula is C14H20ClNO2S. The molecule has 3 nitrogen and oxygen atoms in total. The quantitative estimate of drug-likeness (QED) is 0.897. The van der Waals surface area contributed by atoms with Crippen LogP contribution in [0, 0.1) is 5.41 Å². The van der Waals surface area contributed by atoms with E-state index >= 15 is 0 Å². The summed E-state index contributed by atoms with van der Waals surface area (Å²) in [5.74, 6) is -0.175. The fraction of sp³-hybridized carbons (Fsp3) is 0.643. The molecule has 0 spiro atoms. The van der Waals surface area contributed by atoms with Crippen LogP contribution < -0.4 is 5.32 Å². The molecular weight excluding hydrogens is 282 g/mol. The van der Waals surface area contributed by atoms with Crippen LogP contribution in [0.5, 0.6) is 0 Å². The summed E-state index contributed by atoms with van der Waals surface area (Å²) in [6, 6.07) is 3.79. The normalized spacial score (nSPS) is 28.3. The second kappa shape index (κ2) is 5.81. The molecule has 1 aliphatic rings. The average Bonchev–Trinajstić information content (AvgIpc) is 2.96. The highest BCUT2D eigenvalue weighted by Crippen LogP contribution is 2.38. The van der Waals surface area contributed by atoms with Crippen molar-refractivity contribution in [1.82, 2.24) is 5.32 Å². The maximum Gasteiger partial charge on any atom is 0.228 e. The molecule has 5 heteroatoms. The van der Waals surface area contributed by atoms with Crippen LogP contribution >= 0.6 is 22.9 Å². The van der Waals surface area contributed by atoms with Crippen molar-refractivity contribution in [3.63, 3.8) is 0 Å². The highest BCUT2D eigenvalue weighted by molar-refractivity contribution is 7.16. The van der Waals surface area contributed by atoms with E-state index in [9.17, 15) is 9.90 Å². The van der Waals surface area contributed by atoms with Crippen molar-refractivity contribution < 1.29 is 9.90 Å². The highest BCUT2D eigenvalue weighted by Gasteiger charge is 2.39. The monoisotopic (exact) mass is 301 g/mol. The van der Waals surface area contributed by atoms with Gasteiger partial charge in [0.25, 0.3) is 0 Å². The van der Waals surface area contributed by atoms with Crippen molar-refractivity contribution in [3.8, 4) is 0 Å². The van der Waals surface area contributed by atoms with Gasteiger partial charge in [0.1, 0.15) is 0 Å². The molecule has 1 fully saturated rings. The molecule has 1 heterocycles. The van der Waals surface area contributed by atoms with Crippen LogP contribution in [0.25, 0.3) is 0 Å². The summed E-state index contributed by atoms with van der Waals surface area (Å²) in [4.78, 5) is 13.3. The number of carbonyl (C=O) groups excluding carboxylic acids is 1. The van der Waals surface area contributed by atoms with E-state index in [1.54, 1.807) is 0 Å². The van der Waals surface area contributed by atoms with E-state index in [1.807, 2.05) is 26.0 Å². The minimum Gasteiger partial charge on any atom is -0.396 e. The van der Waals surface area contributed by atoms with E-state index in [0.29, 0.717) is 4.34 Å². The Balaban J connectivity index is 2.01. The Hall–Kier alpha value is -0.580. The summed E-state index contributed by atoms with van der Waals surface area (Å²) in [7, 11) is 0. The van der Waals surface area contributed by atoms with Gasteiger partial charge in [0, 0.05) is 16.3 Å². The first-order chi connectivity index (χ1) is 8.96. The molecule has 1 amide bonds. The SMILES string of the molecule is C[C@H](C(=O)N[C@@H]1CCC[C@@]1(C)CO)c1ccc(Cl)s1. The number of aliphatic hydroxyl groups excluding tert-OH is 1. The van der Waals surface area contributed by atoms with E-state index in [-0.39, 0.29) is 29.9 Å². The fourth-order valence-electron chi connectivity index (χ4n) is 2.66. The number of aliphatic hydroxyl groups is 1. The zero-order valence-electron chi connectivity index (χ0n) is 11.3. The fourth-order valence-corrected chi connectivity index (χ4v) is 3.77. The van der Waals surface area contributed by atoms with Crippen LogP contribution in [-0.4, -0.2) is 23.7 Å². The Kier molecular flexibility index (Phi) is 4.54. The predicted molar refractivity (Wildman–Crippen MR) is 78.7 cm³/mol. The molecule has 0 bridgehead atoms. The van der Waals surface area contributed by atoms with Crippen LogP contribution in [0.1, 0.15) is 43.9 Å². The lowest BCUT2D eigenvalue weighted by Crippen LogP contribution is -2.46. The Morgan fingerprint density at radius 2 is 2.42 bits per heavy atom. The number of hydrogen-bond acceptors (Lipinski definition) is 3. The average molecular weight is 302 g/mol. The molecule has 0 aromatic carbocycles. The van der Waals surface area contributed by atoms with Crippen molar-refractivity contribution >= 4 is 28.8 Å². The van der Waals surface area contributed by atoms with Crippen LogP contribution in [-0.2, 0) is 4.79 Å². The minimum absolute atomic E-state index is 0.0186. The summed E-state index contributed by atoms with van der Waals surface area (Å²) in [6.45, 7) is 4.05. The number of halogens is 1. The minimum atomic E-state index is -0.193. The molecule has 1 saturated carbocycles. The van der Waals surface area contributed by atoms with Crippen molar-refractivity contribution in [3.05, 3.63) is 21.3 Å². The van der Waals surface area contributed by atoms with E-state index < -0.39 is 0 Å². The molecule has 2 rings (SSSR count). The molecule has 0 radical (unpaired) electrons. The van der Waals surface area contributed by atoms with Gasteiger partial charge in [-0.2, -0.15) is 0 Å². The number of nitrogens with one attached hydrogen (secondary N) is 1. The lowest BCUT2D eigenvalue weighted by molar-refractivity contribution is -0.123. The Morgan fingerprint density at radius 3 is 3.00 bits per heavy atom. The molecule has 19 heavy (non-hydrogen) atoms. The summed E-state index contributed by atoms with van der Waals surface area (Å²) >= 11 is 7.34. The third kappa shape index (κ3) is 3.12. The smallest absolute Gasteiger partial charge is 0.228 e.